The summed E-state index contributed by atoms with van der Waals surface area (Å²) in [5.41, 5.74) is 1.21. The van der Waals surface area contributed by atoms with Gasteiger partial charge in [-0.1, -0.05) is 18.6 Å². The van der Waals surface area contributed by atoms with E-state index in [0.717, 1.165) is 23.0 Å². The number of rotatable bonds is 4. The van der Waals surface area contributed by atoms with Gasteiger partial charge in [0.1, 0.15) is 0 Å². The first-order chi connectivity index (χ1) is 8.29. The molecule has 1 aliphatic rings. The van der Waals surface area contributed by atoms with Crippen LogP contribution in [0.15, 0.2) is 28.7 Å². The van der Waals surface area contributed by atoms with E-state index < -0.39 is 0 Å². The van der Waals surface area contributed by atoms with Gasteiger partial charge in [0.2, 0.25) is 0 Å². The van der Waals surface area contributed by atoms with Crippen LogP contribution in [-0.4, -0.2) is 19.6 Å². The van der Waals surface area contributed by atoms with Crippen LogP contribution >= 0.6 is 15.9 Å². The maximum absolute atomic E-state index is 3.57. The van der Waals surface area contributed by atoms with Crippen molar-refractivity contribution in [3.63, 3.8) is 0 Å². The first-order valence-corrected chi connectivity index (χ1v) is 7.24. The average molecular weight is 297 g/mol. The van der Waals surface area contributed by atoms with Crippen LogP contribution in [0.3, 0.4) is 0 Å². The Hall–Kier alpha value is -0.540. The molecule has 2 unspecified atom stereocenters. The molecule has 0 radical (unpaired) electrons. The van der Waals surface area contributed by atoms with Crippen LogP contribution in [0.5, 0.6) is 0 Å². The Kier molecular flexibility index (Phi) is 4.86. The second-order valence-electron chi connectivity index (χ2n) is 4.88. The molecule has 2 nitrogen and oxygen atoms in total. The summed E-state index contributed by atoms with van der Waals surface area (Å²) in [5.74, 6) is 0.799. The smallest absolute Gasteiger partial charge is 0.0484 e. The molecule has 3 heteroatoms. The second-order valence-corrected chi connectivity index (χ2v) is 5.73. The summed E-state index contributed by atoms with van der Waals surface area (Å²) in [4.78, 5) is 0. The predicted octanol–water partition coefficient (Wildman–Crippen LogP) is 3.64. The molecule has 0 amide bonds. The Morgan fingerprint density at radius 2 is 2.12 bits per heavy atom. The lowest BCUT2D eigenvalue weighted by Gasteiger charge is -2.29. The Bertz CT molecular complexity index is 354. The lowest BCUT2D eigenvalue weighted by atomic mass is 9.86. The van der Waals surface area contributed by atoms with Gasteiger partial charge in [-0.05, 0) is 60.3 Å². The van der Waals surface area contributed by atoms with Gasteiger partial charge in [0.15, 0.2) is 0 Å². The van der Waals surface area contributed by atoms with Gasteiger partial charge in [0.25, 0.3) is 0 Å². The van der Waals surface area contributed by atoms with Gasteiger partial charge >= 0.3 is 0 Å². The van der Waals surface area contributed by atoms with E-state index in [-0.39, 0.29) is 0 Å². The third-order valence-corrected chi connectivity index (χ3v) is 4.34. The van der Waals surface area contributed by atoms with Crippen LogP contribution in [0.1, 0.15) is 25.7 Å². The molecule has 2 N–H and O–H groups in total. The zero-order chi connectivity index (χ0) is 12.1. The zero-order valence-electron chi connectivity index (χ0n) is 10.4. The van der Waals surface area contributed by atoms with Crippen molar-refractivity contribution >= 4 is 21.6 Å². The van der Waals surface area contributed by atoms with E-state index in [4.69, 9.17) is 0 Å². The van der Waals surface area contributed by atoms with E-state index in [0.29, 0.717) is 0 Å². The normalized spacial score (nSPS) is 24.6. The molecular formula is C14H21BrN2. The fraction of sp³-hybridized carbons (Fsp3) is 0.571. The molecule has 0 aliphatic heterocycles. The number of benzene rings is 1. The minimum absolute atomic E-state index is 0.717. The zero-order valence-corrected chi connectivity index (χ0v) is 12.0. The standard InChI is InChI=1S/C14H21BrN2/c1-16-12-6-4-5-11(9-12)10-17-14-8-3-2-7-13(14)15/h2-3,7-8,11-12,16-17H,4-6,9-10H2,1H3. The molecule has 1 aromatic carbocycles. The van der Waals surface area contributed by atoms with Crippen molar-refractivity contribution in [2.75, 3.05) is 18.9 Å². The van der Waals surface area contributed by atoms with Gasteiger partial charge in [-0.2, -0.15) is 0 Å². The first kappa shape index (κ1) is 12.9. The number of hydrogen-bond acceptors (Lipinski definition) is 2. The number of halogens is 1. The topological polar surface area (TPSA) is 24.1 Å². The Morgan fingerprint density at radius 1 is 1.29 bits per heavy atom. The molecule has 1 fully saturated rings. The van der Waals surface area contributed by atoms with Gasteiger partial charge in [-0.15, -0.1) is 0 Å². The number of anilines is 1. The molecule has 94 valence electrons. The Labute approximate surface area is 112 Å². The van der Waals surface area contributed by atoms with Crippen molar-refractivity contribution in [2.45, 2.75) is 31.7 Å². The number of para-hydroxylation sites is 1. The molecule has 0 aromatic heterocycles. The molecule has 0 heterocycles. The summed E-state index contributed by atoms with van der Waals surface area (Å²) in [6.07, 6.45) is 5.35. The molecule has 1 aromatic rings. The fourth-order valence-corrected chi connectivity index (χ4v) is 3.02. The van der Waals surface area contributed by atoms with Crippen LogP contribution in [0.4, 0.5) is 5.69 Å². The van der Waals surface area contributed by atoms with Gasteiger partial charge in [-0.25, -0.2) is 0 Å². The molecule has 2 rings (SSSR count). The molecule has 1 aliphatic carbocycles. The molecule has 0 spiro atoms. The lowest BCUT2D eigenvalue weighted by Crippen LogP contribution is -2.33. The maximum Gasteiger partial charge on any atom is 0.0484 e. The highest BCUT2D eigenvalue weighted by Gasteiger charge is 2.20. The van der Waals surface area contributed by atoms with Crippen LogP contribution in [0.25, 0.3) is 0 Å². The molecule has 2 atom stereocenters. The van der Waals surface area contributed by atoms with Gasteiger partial charge < -0.3 is 10.6 Å². The third kappa shape index (κ3) is 3.71. The minimum Gasteiger partial charge on any atom is -0.384 e. The van der Waals surface area contributed by atoms with Crippen molar-refractivity contribution in [2.24, 2.45) is 5.92 Å². The third-order valence-electron chi connectivity index (χ3n) is 3.65. The summed E-state index contributed by atoms with van der Waals surface area (Å²) in [5, 5.41) is 6.96. The van der Waals surface area contributed by atoms with E-state index in [1.165, 1.54) is 31.4 Å². The summed E-state index contributed by atoms with van der Waals surface area (Å²) >= 11 is 3.57. The van der Waals surface area contributed by atoms with Crippen LogP contribution in [0, 0.1) is 5.92 Å². The van der Waals surface area contributed by atoms with E-state index in [1.54, 1.807) is 0 Å². The van der Waals surface area contributed by atoms with Crippen molar-refractivity contribution in [3.8, 4) is 0 Å². The fourth-order valence-electron chi connectivity index (χ4n) is 2.60. The summed E-state index contributed by atoms with van der Waals surface area (Å²) in [6.45, 7) is 1.08. The summed E-state index contributed by atoms with van der Waals surface area (Å²) < 4.78 is 1.15. The van der Waals surface area contributed by atoms with Crippen molar-refractivity contribution in [1.29, 1.82) is 0 Å². The van der Waals surface area contributed by atoms with Gasteiger partial charge in [-0.3, -0.25) is 0 Å². The van der Waals surface area contributed by atoms with Crippen LogP contribution in [0.2, 0.25) is 0 Å². The van der Waals surface area contributed by atoms with Gasteiger partial charge in [0, 0.05) is 22.7 Å². The quantitative estimate of drug-likeness (QED) is 0.886. The maximum atomic E-state index is 3.57. The van der Waals surface area contributed by atoms with Crippen molar-refractivity contribution in [3.05, 3.63) is 28.7 Å². The summed E-state index contributed by atoms with van der Waals surface area (Å²) in [7, 11) is 2.08. The molecule has 17 heavy (non-hydrogen) atoms. The minimum atomic E-state index is 0.717. The van der Waals surface area contributed by atoms with Crippen molar-refractivity contribution < 1.29 is 0 Å². The highest BCUT2D eigenvalue weighted by Crippen LogP contribution is 2.26. The van der Waals surface area contributed by atoms with E-state index in [2.05, 4.69) is 51.8 Å². The average Bonchev–Trinajstić information content (AvgIpc) is 2.38. The monoisotopic (exact) mass is 296 g/mol. The highest BCUT2D eigenvalue weighted by molar-refractivity contribution is 9.10. The van der Waals surface area contributed by atoms with Crippen LogP contribution in [-0.2, 0) is 0 Å². The van der Waals surface area contributed by atoms with E-state index in [1.807, 2.05) is 6.07 Å². The molecule has 0 saturated heterocycles. The van der Waals surface area contributed by atoms with Crippen LogP contribution < -0.4 is 10.6 Å². The van der Waals surface area contributed by atoms with Gasteiger partial charge in [0.05, 0.1) is 0 Å². The number of hydrogen-bond donors (Lipinski definition) is 2. The van der Waals surface area contributed by atoms with E-state index in [9.17, 15) is 0 Å². The lowest BCUT2D eigenvalue weighted by molar-refractivity contribution is 0.306. The highest BCUT2D eigenvalue weighted by atomic mass is 79.9. The van der Waals surface area contributed by atoms with Crippen molar-refractivity contribution in [1.82, 2.24) is 5.32 Å². The Balaban J connectivity index is 1.84. The SMILES string of the molecule is CNC1CCCC(CNc2ccccc2Br)C1. The van der Waals surface area contributed by atoms with E-state index >= 15 is 0 Å². The molecule has 0 bridgehead atoms. The molecule has 1 saturated carbocycles. The Morgan fingerprint density at radius 3 is 2.88 bits per heavy atom. The summed E-state index contributed by atoms with van der Waals surface area (Å²) in [6, 6.07) is 9.05. The number of nitrogens with one attached hydrogen (secondary N) is 2. The first-order valence-electron chi connectivity index (χ1n) is 6.45. The largest absolute Gasteiger partial charge is 0.384 e. The predicted molar refractivity (Wildman–Crippen MR) is 77.4 cm³/mol. The second kappa shape index (κ2) is 6.41. The molecular weight excluding hydrogens is 276 g/mol.